The van der Waals surface area contributed by atoms with E-state index in [0.717, 1.165) is 51.9 Å². The Morgan fingerprint density at radius 1 is 0.833 bits per heavy atom. The van der Waals surface area contributed by atoms with E-state index in [-0.39, 0.29) is 5.91 Å². The van der Waals surface area contributed by atoms with Gasteiger partial charge in [-0.25, -0.2) is 4.98 Å². The van der Waals surface area contributed by atoms with Gasteiger partial charge in [-0.15, -0.1) is 0 Å². The minimum atomic E-state index is -0.00289. The lowest BCUT2D eigenvalue weighted by Gasteiger charge is -2.10. The number of carbonyl (C=O) groups excluding carboxylic acids is 1. The summed E-state index contributed by atoms with van der Waals surface area (Å²) >= 11 is 0. The molecule has 0 spiro atoms. The molecule has 1 N–H and O–H groups in total. The number of fused-ring (bicyclic) bond motifs is 1. The molecule has 0 fully saturated rings. The van der Waals surface area contributed by atoms with Crippen molar-refractivity contribution in [2.75, 3.05) is 21.2 Å². The number of benzene rings is 3. The number of hydrogen-bond donors (Lipinski definition) is 1. The number of pyridine rings is 1. The lowest BCUT2D eigenvalue weighted by molar-refractivity contribution is 0.0827. The molecule has 0 bridgehead atoms. The van der Waals surface area contributed by atoms with Gasteiger partial charge < -0.3 is 14.6 Å². The van der Waals surface area contributed by atoms with Crippen LogP contribution in [0.15, 0.2) is 91.3 Å². The van der Waals surface area contributed by atoms with Gasteiger partial charge in [-0.3, -0.25) is 4.79 Å². The molecule has 0 saturated carbocycles. The number of rotatable bonds is 7. The summed E-state index contributed by atoms with van der Waals surface area (Å²) in [6, 6.07) is 26.9. The highest BCUT2D eigenvalue weighted by atomic mass is 16.5. The van der Waals surface area contributed by atoms with Crippen LogP contribution < -0.4 is 4.74 Å². The van der Waals surface area contributed by atoms with Crippen LogP contribution in [0.4, 0.5) is 0 Å². The Balaban J connectivity index is 1.34. The fourth-order valence-electron chi connectivity index (χ4n) is 4.40. The van der Waals surface area contributed by atoms with Crippen LogP contribution in [0.25, 0.3) is 33.3 Å². The zero-order chi connectivity index (χ0) is 25.1. The standard InChI is InChI=1S/C31H29N3O2/c1-34(2)31(35)25-14-12-24(13-15-25)29-20-33-30-28(29)18-26(19-32-30)23-10-6-21(7-11-23)4-5-22-8-16-27(36-3)17-9-22/h6-20H,4-5H2,1-3H3,(H,32,33). The van der Waals surface area contributed by atoms with Crippen LogP contribution in [-0.2, 0) is 12.8 Å². The van der Waals surface area contributed by atoms with E-state index < -0.39 is 0 Å². The number of amides is 1. The van der Waals surface area contributed by atoms with Crippen LogP contribution in [0.3, 0.4) is 0 Å². The molecule has 2 aromatic heterocycles. The van der Waals surface area contributed by atoms with Gasteiger partial charge in [0.05, 0.1) is 7.11 Å². The fourth-order valence-corrected chi connectivity index (χ4v) is 4.40. The van der Waals surface area contributed by atoms with Crippen molar-refractivity contribution in [2.45, 2.75) is 12.8 Å². The van der Waals surface area contributed by atoms with Gasteiger partial charge in [0.25, 0.3) is 5.91 Å². The first kappa shape index (κ1) is 23.4. The molecule has 1 amide bonds. The van der Waals surface area contributed by atoms with Gasteiger partial charge in [-0.2, -0.15) is 0 Å². The second kappa shape index (κ2) is 10.1. The van der Waals surface area contributed by atoms with Crippen molar-refractivity contribution in [3.63, 3.8) is 0 Å². The molecule has 0 aliphatic carbocycles. The molecule has 5 rings (SSSR count). The van der Waals surface area contributed by atoms with E-state index in [4.69, 9.17) is 4.74 Å². The molecule has 0 atom stereocenters. The van der Waals surface area contributed by atoms with Gasteiger partial charge in [0.15, 0.2) is 0 Å². The van der Waals surface area contributed by atoms with Crippen LogP contribution in [-0.4, -0.2) is 42.0 Å². The molecule has 5 heteroatoms. The first-order chi connectivity index (χ1) is 17.5. The molecular weight excluding hydrogens is 446 g/mol. The van der Waals surface area contributed by atoms with E-state index in [1.807, 2.05) is 48.8 Å². The van der Waals surface area contributed by atoms with E-state index in [1.54, 1.807) is 26.1 Å². The van der Waals surface area contributed by atoms with Gasteiger partial charge in [0.2, 0.25) is 0 Å². The molecule has 0 saturated heterocycles. The van der Waals surface area contributed by atoms with Gasteiger partial charge >= 0.3 is 0 Å². The van der Waals surface area contributed by atoms with Crippen LogP contribution in [0, 0.1) is 0 Å². The van der Waals surface area contributed by atoms with Gasteiger partial charge in [-0.1, -0.05) is 48.5 Å². The molecule has 0 radical (unpaired) electrons. The number of aryl methyl sites for hydroxylation is 2. The van der Waals surface area contributed by atoms with Crippen molar-refractivity contribution < 1.29 is 9.53 Å². The van der Waals surface area contributed by atoms with Crippen LogP contribution >= 0.6 is 0 Å². The summed E-state index contributed by atoms with van der Waals surface area (Å²) in [5, 5.41) is 1.06. The van der Waals surface area contributed by atoms with E-state index >= 15 is 0 Å². The van der Waals surface area contributed by atoms with Crippen LogP contribution in [0.2, 0.25) is 0 Å². The largest absolute Gasteiger partial charge is 0.497 e. The van der Waals surface area contributed by atoms with E-state index in [2.05, 4.69) is 52.4 Å². The average Bonchev–Trinajstić information content (AvgIpc) is 3.35. The van der Waals surface area contributed by atoms with E-state index in [0.29, 0.717) is 5.56 Å². The van der Waals surface area contributed by atoms with Crippen molar-refractivity contribution in [3.05, 3.63) is 108 Å². The first-order valence-corrected chi connectivity index (χ1v) is 12.0. The Hall–Kier alpha value is -4.38. The normalized spacial score (nSPS) is 11.0. The Labute approximate surface area is 211 Å². The highest BCUT2D eigenvalue weighted by Crippen LogP contribution is 2.31. The number of aromatic amines is 1. The number of nitrogens with one attached hydrogen (secondary N) is 1. The summed E-state index contributed by atoms with van der Waals surface area (Å²) in [6.07, 6.45) is 5.86. The first-order valence-electron chi connectivity index (χ1n) is 12.0. The third-order valence-corrected chi connectivity index (χ3v) is 6.53. The molecule has 2 heterocycles. The Kier molecular flexibility index (Phi) is 6.54. The summed E-state index contributed by atoms with van der Waals surface area (Å²) in [5.74, 6) is 0.882. The predicted molar refractivity (Wildman–Crippen MR) is 145 cm³/mol. The van der Waals surface area contributed by atoms with E-state index in [9.17, 15) is 4.79 Å². The zero-order valence-electron chi connectivity index (χ0n) is 20.8. The Morgan fingerprint density at radius 3 is 2.06 bits per heavy atom. The van der Waals surface area contributed by atoms with Gasteiger partial charge in [0.1, 0.15) is 11.4 Å². The summed E-state index contributed by atoms with van der Waals surface area (Å²) < 4.78 is 5.24. The Bertz CT molecular complexity index is 1480. The second-order valence-electron chi connectivity index (χ2n) is 9.14. The molecule has 0 aliphatic rings. The summed E-state index contributed by atoms with van der Waals surface area (Å²) in [7, 11) is 5.21. The maximum atomic E-state index is 12.2. The molecule has 5 aromatic rings. The number of aromatic nitrogens is 2. The van der Waals surface area contributed by atoms with Crippen molar-refractivity contribution in [2.24, 2.45) is 0 Å². The van der Waals surface area contributed by atoms with E-state index in [1.165, 1.54) is 11.1 Å². The third kappa shape index (κ3) is 4.86. The average molecular weight is 476 g/mol. The lowest BCUT2D eigenvalue weighted by atomic mass is 9.99. The molecule has 180 valence electrons. The molecule has 36 heavy (non-hydrogen) atoms. The molecular formula is C31H29N3O2. The van der Waals surface area contributed by atoms with Crippen molar-refractivity contribution in [3.8, 4) is 28.0 Å². The quantitative estimate of drug-likeness (QED) is 0.297. The van der Waals surface area contributed by atoms with Crippen LogP contribution in [0.1, 0.15) is 21.5 Å². The molecule has 3 aromatic carbocycles. The van der Waals surface area contributed by atoms with Crippen LogP contribution in [0.5, 0.6) is 5.75 Å². The topological polar surface area (TPSA) is 58.2 Å². The molecule has 0 aliphatic heterocycles. The Morgan fingerprint density at radius 2 is 1.44 bits per heavy atom. The summed E-state index contributed by atoms with van der Waals surface area (Å²) in [5.41, 5.74) is 8.45. The number of hydrogen-bond acceptors (Lipinski definition) is 3. The SMILES string of the molecule is COc1ccc(CCc2ccc(-c3cnc4[nH]cc(-c5ccc(C(=O)N(C)C)cc5)c4c3)cc2)cc1. The number of nitrogens with zero attached hydrogens (tertiary/aromatic N) is 2. The zero-order valence-corrected chi connectivity index (χ0v) is 20.8. The van der Waals surface area contributed by atoms with Gasteiger partial charge in [-0.05, 0) is 65.4 Å². The minimum Gasteiger partial charge on any atom is -0.497 e. The fraction of sp³-hybridized carbons (Fsp3) is 0.161. The van der Waals surface area contributed by atoms with Crippen molar-refractivity contribution >= 4 is 16.9 Å². The monoisotopic (exact) mass is 475 g/mol. The third-order valence-electron chi connectivity index (χ3n) is 6.53. The second-order valence-corrected chi connectivity index (χ2v) is 9.14. The number of H-pyrrole nitrogens is 1. The number of carbonyl (C=O) groups is 1. The predicted octanol–water partition coefficient (Wildman–Crippen LogP) is 6.39. The molecule has 5 nitrogen and oxygen atoms in total. The van der Waals surface area contributed by atoms with Crippen molar-refractivity contribution in [1.82, 2.24) is 14.9 Å². The maximum absolute atomic E-state index is 12.2. The van der Waals surface area contributed by atoms with Gasteiger partial charge in [0, 0.05) is 48.6 Å². The molecule has 0 unspecified atom stereocenters. The maximum Gasteiger partial charge on any atom is 0.253 e. The minimum absolute atomic E-state index is 0.00289. The summed E-state index contributed by atoms with van der Waals surface area (Å²) in [6.45, 7) is 0. The number of ether oxygens (including phenoxy) is 1. The lowest BCUT2D eigenvalue weighted by Crippen LogP contribution is -2.21. The van der Waals surface area contributed by atoms with Crippen molar-refractivity contribution in [1.29, 1.82) is 0 Å². The smallest absolute Gasteiger partial charge is 0.253 e. The highest BCUT2D eigenvalue weighted by Gasteiger charge is 2.12. The number of methoxy groups -OCH3 is 1. The summed E-state index contributed by atoms with van der Waals surface area (Å²) in [4.78, 5) is 21.7. The highest BCUT2D eigenvalue weighted by molar-refractivity contribution is 5.97.